The number of fused-ring (bicyclic) bond motifs is 1. The number of carbonyl (C=O) groups excluding carboxylic acids is 1. The van der Waals surface area contributed by atoms with Crippen LogP contribution in [0.3, 0.4) is 0 Å². The van der Waals surface area contributed by atoms with Crippen LogP contribution in [0.25, 0.3) is 0 Å². The van der Waals surface area contributed by atoms with Crippen molar-refractivity contribution >= 4 is 23.6 Å². The SMILES string of the molecule is CCCCOC(=O)N1C=CC2=NCSC2=C1. The molecule has 0 aromatic heterocycles. The summed E-state index contributed by atoms with van der Waals surface area (Å²) in [5.41, 5.74) is 0.961. The van der Waals surface area contributed by atoms with Crippen LogP contribution in [0.15, 0.2) is 28.4 Å². The normalized spacial score (nSPS) is 17.9. The first-order valence-electron chi connectivity index (χ1n) is 5.34. The third-order valence-corrected chi connectivity index (χ3v) is 3.17. The molecule has 0 aromatic rings. The Morgan fingerprint density at radius 1 is 1.69 bits per heavy atom. The Morgan fingerprint density at radius 3 is 3.38 bits per heavy atom. The summed E-state index contributed by atoms with van der Waals surface area (Å²) in [4.78, 5) is 18.4. The lowest BCUT2D eigenvalue weighted by Gasteiger charge is -2.17. The smallest absolute Gasteiger partial charge is 0.417 e. The predicted molar refractivity (Wildman–Crippen MR) is 65.2 cm³/mol. The fraction of sp³-hybridized carbons (Fsp3) is 0.455. The fourth-order valence-electron chi connectivity index (χ4n) is 1.37. The van der Waals surface area contributed by atoms with Crippen molar-refractivity contribution in [2.75, 3.05) is 12.5 Å². The zero-order valence-corrected chi connectivity index (χ0v) is 10.00. The van der Waals surface area contributed by atoms with Crippen LogP contribution < -0.4 is 0 Å². The number of rotatable bonds is 3. The van der Waals surface area contributed by atoms with Crippen LogP contribution >= 0.6 is 11.8 Å². The molecule has 1 amide bonds. The first kappa shape index (κ1) is 11.3. The van der Waals surface area contributed by atoms with Crippen molar-refractivity contribution in [3.8, 4) is 0 Å². The van der Waals surface area contributed by atoms with E-state index in [2.05, 4.69) is 11.9 Å². The van der Waals surface area contributed by atoms with Gasteiger partial charge >= 0.3 is 6.09 Å². The lowest BCUT2D eigenvalue weighted by molar-refractivity contribution is 0.126. The van der Waals surface area contributed by atoms with Gasteiger partial charge in [0.15, 0.2) is 0 Å². The van der Waals surface area contributed by atoms with Crippen molar-refractivity contribution in [1.29, 1.82) is 0 Å². The summed E-state index contributed by atoms with van der Waals surface area (Å²) < 4.78 is 5.11. The van der Waals surface area contributed by atoms with E-state index in [1.54, 1.807) is 24.2 Å². The molecule has 0 aliphatic carbocycles. The topological polar surface area (TPSA) is 41.9 Å². The van der Waals surface area contributed by atoms with Gasteiger partial charge in [-0.3, -0.25) is 9.89 Å². The Balaban J connectivity index is 1.91. The highest BCUT2D eigenvalue weighted by atomic mass is 32.2. The molecule has 0 radical (unpaired) electrons. The maximum absolute atomic E-state index is 11.6. The van der Waals surface area contributed by atoms with Gasteiger partial charge in [-0.15, -0.1) is 0 Å². The molecule has 2 rings (SSSR count). The minimum absolute atomic E-state index is 0.316. The van der Waals surface area contributed by atoms with Crippen LogP contribution in [-0.2, 0) is 4.74 Å². The van der Waals surface area contributed by atoms with Gasteiger partial charge < -0.3 is 4.74 Å². The maximum Gasteiger partial charge on any atom is 0.417 e. The zero-order valence-electron chi connectivity index (χ0n) is 9.18. The number of aliphatic imine (C=N–C) groups is 1. The summed E-state index contributed by atoms with van der Waals surface area (Å²) >= 11 is 1.63. The number of thioether (sulfide) groups is 1. The van der Waals surface area contributed by atoms with Gasteiger partial charge in [0.2, 0.25) is 0 Å². The fourth-order valence-corrected chi connectivity index (χ4v) is 2.18. The largest absolute Gasteiger partial charge is 0.449 e. The molecule has 5 heteroatoms. The molecule has 0 N–H and O–H groups in total. The Bertz CT molecular complexity index is 374. The summed E-state index contributed by atoms with van der Waals surface area (Å²) in [6.45, 7) is 2.55. The van der Waals surface area contributed by atoms with Gasteiger partial charge in [0.25, 0.3) is 0 Å². The lowest BCUT2D eigenvalue weighted by Crippen LogP contribution is -2.24. The molecule has 2 aliphatic heterocycles. The van der Waals surface area contributed by atoms with Gasteiger partial charge in [-0.2, -0.15) is 0 Å². The highest BCUT2D eigenvalue weighted by Crippen LogP contribution is 2.28. The second kappa shape index (κ2) is 5.21. The van der Waals surface area contributed by atoms with Crippen LogP contribution in [0.1, 0.15) is 19.8 Å². The van der Waals surface area contributed by atoms with Crippen molar-refractivity contribution < 1.29 is 9.53 Å². The number of hydrogen-bond acceptors (Lipinski definition) is 4. The molecule has 0 atom stereocenters. The quantitative estimate of drug-likeness (QED) is 0.710. The summed E-state index contributed by atoms with van der Waals surface area (Å²) in [6.07, 6.45) is 6.94. The molecule has 0 saturated heterocycles. The van der Waals surface area contributed by atoms with Gasteiger partial charge in [0, 0.05) is 12.4 Å². The molecular formula is C11H14N2O2S. The Morgan fingerprint density at radius 2 is 2.56 bits per heavy atom. The van der Waals surface area contributed by atoms with E-state index in [0.717, 1.165) is 29.3 Å². The maximum atomic E-state index is 11.6. The minimum atomic E-state index is -0.316. The molecule has 0 fully saturated rings. The Kier molecular flexibility index (Phi) is 3.66. The van der Waals surface area contributed by atoms with E-state index in [9.17, 15) is 4.79 Å². The molecule has 2 aliphatic rings. The number of unbranched alkanes of at least 4 members (excludes halogenated alkanes) is 1. The van der Waals surface area contributed by atoms with Crippen molar-refractivity contribution in [1.82, 2.24) is 4.90 Å². The molecule has 0 unspecified atom stereocenters. The van der Waals surface area contributed by atoms with Crippen LogP contribution in [0.5, 0.6) is 0 Å². The zero-order chi connectivity index (χ0) is 11.4. The van der Waals surface area contributed by atoms with E-state index in [-0.39, 0.29) is 6.09 Å². The van der Waals surface area contributed by atoms with Gasteiger partial charge in [-0.05, 0) is 12.5 Å². The molecule has 0 aromatic carbocycles. The molecule has 0 saturated carbocycles. The molecule has 16 heavy (non-hydrogen) atoms. The van der Waals surface area contributed by atoms with Crippen molar-refractivity contribution in [2.24, 2.45) is 4.99 Å². The number of allylic oxidation sites excluding steroid dienone is 2. The second-order valence-corrected chi connectivity index (χ2v) is 4.49. The minimum Gasteiger partial charge on any atom is -0.449 e. The van der Waals surface area contributed by atoms with Gasteiger partial charge in [0.05, 0.1) is 23.1 Å². The molecule has 0 bridgehead atoms. The molecular weight excluding hydrogens is 224 g/mol. The average molecular weight is 238 g/mol. The van der Waals surface area contributed by atoms with Gasteiger partial charge in [-0.1, -0.05) is 25.1 Å². The Labute approximate surface area is 99.1 Å². The van der Waals surface area contributed by atoms with Crippen molar-refractivity contribution in [2.45, 2.75) is 19.8 Å². The summed E-state index contributed by atoms with van der Waals surface area (Å²) in [6, 6.07) is 0. The number of nitrogens with zero attached hydrogens (tertiary/aromatic N) is 2. The summed E-state index contributed by atoms with van der Waals surface area (Å²) in [7, 11) is 0. The highest BCUT2D eigenvalue weighted by molar-refractivity contribution is 8.04. The van der Waals surface area contributed by atoms with E-state index in [0.29, 0.717) is 6.61 Å². The van der Waals surface area contributed by atoms with Crippen LogP contribution in [0.2, 0.25) is 0 Å². The molecule has 4 nitrogen and oxygen atoms in total. The first-order chi connectivity index (χ1) is 7.81. The standard InChI is InChI=1S/C11H14N2O2S/c1-2-3-6-15-11(14)13-5-4-9-10(7-13)16-8-12-9/h4-5,7H,2-3,6,8H2,1H3. The monoisotopic (exact) mass is 238 g/mol. The van der Waals surface area contributed by atoms with Gasteiger partial charge in [-0.25, -0.2) is 4.79 Å². The van der Waals surface area contributed by atoms with E-state index in [1.807, 2.05) is 6.08 Å². The number of amides is 1. The van der Waals surface area contributed by atoms with Crippen LogP contribution in [0, 0.1) is 0 Å². The third kappa shape index (κ3) is 2.47. The lowest BCUT2D eigenvalue weighted by atomic mass is 10.3. The van der Waals surface area contributed by atoms with Gasteiger partial charge in [0.1, 0.15) is 0 Å². The summed E-state index contributed by atoms with van der Waals surface area (Å²) in [5, 5.41) is 0. The molecule has 2 heterocycles. The van der Waals surface area contributed by atoms with Crippen LogP contribution in [-0.4, -0.2) is 29.2 Å². The second-order valence-electron chi connectivity index (χ2n) is 3.50. The molecule has 86 valence electrons. The van der Waals surface area contributed by atoms with E-state index in [4.69, 9.17) is 4.74 Å². The van der Waals surface area contributed by atoms with E-state index in [1.165, 1.54) is 4.90 Å². The number of ether oxygens (including phenoxy) is 1. The van der Waals surface area contributed by atoms with E-state index >= 15 is 0 Å². The van der Waals surface area contributed by atoms with Crippen molar-refractivity contribution in [3.05, 3.63) is 23.4 Å². The Hall–Kier alpha value is -1.23. The third-order valence-electron chi connectivity index (χ3n) is 2.29. The van der Waals surface area contributed by atoms with Crippen molar-refractivity contribution in [3.63, 3.8) is 0 Å². The van der Waals surface area contributed by atoms with Crippen LogP contribution in [0.4, 0.5) is 4.79 Å². The number of hydrogen-bond donors (Lipinski definition) is 0. The molecule has 0 spiro atoms. The predicted octanol–water partition coefficient (Wildman–Crippen LogP) is 2.74. The number of carbonyl (C=O) groups is 1. The first-order valence-corrected chi connectivity index (χ1v) is 6.32. The summed E-state index contributed by atoms with van der Waals surface area (Å²) in [5.74, 6) is 0.740. The average Bonchev–Trinajstić information content (AvgIpc) is 2.76. The van der Waals surface area contributed by atoms with E-state index < -0.39 is 0 Å². The highest BCUT2D eigenvalue weighted by Gasteiger charge is 2.20.